The lowest BCUT2D eigenvalue weighted by Gasteiger charge is -2.38. The van der Waals surface area contributed by atoms with E-state index in [1.165, 1.54) is 0 Å². The molecule has 1 aliphatic rings. The van der Waals surface area contributed by atoms with Crippen LogP contribution in [0.5, 0.6) is 0 Å². The van der Waals surface area contributed by atoms with Crippen molar-refractivity contribution in [1.82, 2.24) is 10.1 Å². The average molecular weight is 418 g/mol. The zero-order chi connectivity index (χ0) is 21.8. The van der Waals surface area contributed by atoms with Crippen molar-refractivity contribution in [2.24, 2.45) is 10.7 Å². The van der Waals surface area contributed by atoms with E-state index in [4.69, 9.17) is 15.0 Å². The number of aliphatic imine (C=N–C) groups is 1. The molecule has 1 fully saturated rings. The standard InChI is InChI=1S/C24H26N4O3/c1-17(19-9-6-10-20(15-19)23(29)18-7-4-3-5-8-18)21-16-22(27-31-21)24(25,26-2)28-11-13-30-14-12-28/h3-10,15-17H,2,11-14,25H2,1H3. The summed E-state index contributed by atoms with van der Waals surface area (Å²) in [6.07, 6.45) is 0. The minimum Gasteiger partial charge on any atom is -0.379 e. The second kappa shape index (κ2) is 8.93. The number of benzene rings is 2. The molecule has 0 amide bonds. The van der Waals surface area contributed by atoms with Gasteiger partial charge >= 0.3 is 0 Å². The van der Waals surface area contributed by atoms with Crippen LogP contribution in [-0.2, 0) is 10.5 Å². The van der Waals surface area contributed by atoms with E-state index in [0.29, 0.717) is 48.9 Å². The van der Waals surface area contributed by atoms with Crippen LogP contribution < -0.4 is 5.73 Å². The lowest BCUT2D eigenvalue weighted by Crippen LogP contribution is -2.56. The van der Waals surface area contributed by atoms with Crippen LogP contribution in [0.3, 0.4) is 0 Å². The molecule has 1 saturated heterocycles. The van der Waals surface area contributed by atoms with Crippen LogP contribution in [0.4, 0.5) is 0 Å². The van der Waals surface area contributed by atoms with E-state index in [1.807, 2.05) is 72.5 Å². The number of nitrogens with two attached hydrogens (primary N) is 1. The van der Waals surface area contributed by atoms with Crippen LogP contribution in [0.15, 0.2) is 70.2 Å². The van der Waals surface area contributed by atoms with Gasteiger partial charge in [-0.1, -0.05) is 60.6 Å². The minimum atomic E-state index is -1.17. The highest BCUT2D eigenvalue weighted by Gasteiger charge is 2.38. The average Bonchev–Trinajstić information content (AvgIpc) is 3.35. The third-order valence-electron chi connectivity index (χ3n) is 5.75. The number of morpholine rings is 1. The van der Waals surface area contributed by atoms with Crippen molar-refractivity contribution in [3.05, 3.63) is 88.8 Å². The molecule has 2 heterocycles. The highest BCUT2D eigenvalue weighted by Crippen LogP contribution is 2.30. The van der Waals surface area contributed by atoms with Gasteiger partial charge in [0.2, 0.25) is 5.79 Å². The molecule has 4 rings (SSSR count). The lowest BCUT2D eigenvalue weighted by atomic mass is 9.94. The quantitative estimate of drug-likeness (QED) is 0.468. The normalized spacial score (nSPS) is 17.6. The Morgan fingerprint density at radius 2 is 1.84 bits per heavy atom. The predicted molar refractivity (Wildman–Crippen MR) is 118 cm³/mol. The van der Waals surface area contributed by atoms with Crippen molar-refractivity contribution >= 4 is 12.5 Å². The Morgan fingerprint density at radius 1 is 1.13 bits per heavy atom. The molecule has 2 atom stereocenters. The smallest absolute Gasteiger partial charge is 0.211 e. The predicted octanol–water partition coefficient (Wildman–Crippen LogP) is 3.16. The van der Waals surface area contributed by atoms with Crippen LogP contribution in [0, 0.1) is 0 Å². The number of ether oxygens (including phenoxy) is 1. The maximum atomic E-state index is 12.8. The highest BCUT2D eigenvalue weighted by molar-refractivity contribution is 6.09. The van der Waals surface area contributed by atoms with Crippen LogP contribution in [0.1, 0.15) is 45.8 Å². The molecule has 2 N–H and O–H groups in total. The fourth-order valence-electron chi connectivity index (χ4n) is 3.78. The maximum Gasteiger partial charge on any atom is 0.211 e. The van der Waals surface area contributed by atoms with E-state index in [2.05, 4.69) is 16.9 Å². The van der Waals surface area contributed by atoms with Gasteiger partial charge in [-0.05, 0) is 18.3 Å². The first kappa shape index (κ1) is 21.1. The van der Waals surface area contributed by atoms with Gasteiger partial charge in [0.1, 0.15) is 11.5 Å². The van der Waals surface area contributed by atoms with Crippen molar-refractivity contribution in [2.45, 2.75) is 18.6 Å². The van der Waals surface area contributed by atoms with Crippen molar-refractivity contribution in [3.8, 4) is 0 Å². The van der Waals surface area contributed by atoms with Crippen molar-refractivity contribution in [1.29, 1.82) is 0 Å². The molecule has 160 valence electrons. The first-order valence-corrected chi connectivity index (χ1v) is 10.3. The minimum absolute atomic E-state index is 0.0166. The van der Waals surface area contributed by atoms with Gasteiger partial charge in [-0.15, -0.1) is 0 Å². The number of rotatable bonds is 7. The molecule has 2 aromatic carbocycles. The summed E-state index contributed by atoms with van der Waals surface area (Å²) in [5.41, 5.74) is 9.29. The second-order valence-corrected chi connectivity index (χ2v) is 7.64. The third-order valence-corrected chi connectivity index (χ3v) is 5.75. The number of carbonyl (C=O) groups excluding carboxylic acids is 1. The summed E-state index contributed by atoms with van der Waals surface area (Å²) in [6.45, 7) is 8.12. The van der Waals surface area contributed by atoms with E-state index in [9.17, 15) is 4.79 Å². The molecule has 0 saturated carbocycles. The number of ketones is 1. The lowest BCUT2D eigenvalue weighted by molar-refractivity contribution is -0.0222. The van der Waals surface area contributed by atoms with Gasteiger partial charge in [0.05, 0.1) is 13.2 Å². The number of hydrogen-bond donors (Lipinski definition) is 1. The Labute approximate surface area is 181 Å². The molecule has 7 nitrogen and oxygen atoms in total. The van der Waals surface area contributed by atoms with Crippen molar-refractivity contribution in [2.75, 3.05) is 26.3 Å². The highest BCUT2D eigenvalue weighted by atomic mass is 16.5. The first-order valence-electron chi connectivity index (χ1n) is 10.3. The molecule has 0 bridgehead atoms. The zero-order valence-electron chi connectivity index (χ0n) is 17.5. The fourth-order valence-corrected chi connectivity index (χ4v) is 3.78. The largest absolute Gasteiger partial charge is 0.379 e. The van der Waals surface area contributed by atoms with Gasteiger partial charge in [-0.25, -0.2) is 0 Å². The van der Waals surface area contributed by atoms with Gasteiger partial charge in [0.15, 0.2) is 5.78 Å². The van der Waals surface area contributed by atoms with Gasteiger partial charge in [0.25, 0.3) is 0 Å². The molecule has 3 aromatic rings. The molecule has 0 radical (unpaired) electrons. The fraction of sp³-hybridized carbons (Fsp3) is 0.292. The molecule has 7 heteroatoms. The van der Waals surface area contributed by atoms with E-state index in [1.54, 1.807) is 0 Å². The summed E-state index contributed by atoms with van der Waals surface area (Å²) in [4.78, 5) is 19.0. The molecule has 1 aromatic heterocycles. The number of nitrogens with zero attached hydrogens (tertiary/aromatic N) is 3. The Kier molecular flexibility index (Phi) is 6.08. The Balaban J connectivity index is 1.58. The van der Waals surface area contributed by atoms with Crippen molar-refractivity contribution < 1.29 is 14.1 Å². The van der Waals surface area contributed by atoms with Gasteiger partial charge < -0.3 is 9.26 Å². The molecule has 31 heavy (non-hydrogen) atoms. The number of hydrogen-bond acceptors (Lipinski definition) is 7. The third kappa shape index (κ3) is 4.20. The molecule has 1 aliphatic heterocycles. The van der Waals surface area contributed by atoms with Gasteiger partial charge in [0, 0.05) is 36.2 Å². The molecule has 0 spiro atoms. The maximum absolute atomic E-state index is 12.8. The van der Waals surface area contributed by atoms with E-state index in [0.717, 1.165) is 5.56 Å². The molecular formula is C24H26N4O3. The summed E-state index contributed by atoms with van der Waals surface area (Å²) >= 11 is 0. The van der Waals surface area contributed by atoms with Crippen LogP contribution in [0.2, 0.25) is 0 Å². The van der Waals surface area contributed by atoms with Crippen LogP contribution in [-0.4, -0.2) is 48.9 Å². The van der Waals surface area contributed by atoms with E-state index < -0.39 is 5.79 Å². The summed E-state index contributed by atoms with van der Waals surface area (Å²) in [5, 5.41) is 4.20. The van der Waals surface area contributed by atoms with Crippen molar-refractivity contribution in [3.63, 3.8) is 0 Å². The second-order valence-electron chi connectivity index (χ2n) is 7.64. The summed E-state index contributed by atoms with van der Waals surface area (Å²) in [7, 11) is 0. The Hall–Kier alpha value is -3.13. The Bertz CT molecular complexity index is 1060. The Morgan fingerprint density at radius 3 is 2.55 bits per heavy atom. The molecular weight excluding hydrogens is 392 g/mol. The van der Waals surface area contributed by atoms with Crippen LogP contribution in [0.25, 0.3) is 0 Å². The van der Waals surface area contributed by atoms with E-state index in [-0.39, 0.29) is 11.7 Å². The first-order chi connectivity index (χ1) is 15.0. The summed E-state index contributed by atoms with van der Waals surface area (Å²) in [5.74, 6) is -0.664. The summed E-state index contributed by atoms with van der Waals surface area (Å²) in [6, 6.07) is 18.6. The molecule has 0 aliphatic carbocycles. The summed E-state index contributed by atoms with van der Waals surface area (Å²) < 4.78 is 11.1. The number of carbonyl (C=O) groups is 1. The number of aromatic nitrogens is 1. The van der Waals surface area contributed by atoms with Gasteiger partial charge in [-0.3, -0.25) is 20.4 Å². The zero-order valence-corrected chi connectivity index (χ0v) is 17.5. The monoisotopic (exact) mass is 418 g/mol. The topological polar surface area (TPSA) is 94.0 Å². The SMILES string of the molecule is C=NC(N)(c1cc(C(C)c2cccc(C(=O)c3ccccc3)c2)on1)N1CCOCC1. The molecule has 2 unspecified atom stereocenters. The van der Waals surface area contributed by atoms with Crippen LogP contribution >= 0.6 is 0 Å². The van der Waals surface area contributed by atoms with E-state index >= 15 is 0 Å². The van der Waals surface area contributed by atoms with Gasteiger partial charge in [-0.2, -0.15) is 0 Å².